The molecular formula is C23H31N5O3. The van der Waals surface area contributed by atoms with Crippen LogP contribution in [0.25, 0.3) is 16.6 Å². The van der Waals surface area contributed by atoms with Crippen LogP contribution >= 0.6 is 0 Å². The van der Waals surface area contributed by atoms with E-state index in [9.17, 15) is 9.59 Å². The van der Waals surface area contributed by atoms with Crippen molar-refractivity contribution in [3.63, 3.8) is 0 Å². The lowest BCUT2D eigenvalue weighted by Crippen LogP contribution is -2.52. The zero-order valence-corrected chi connectivity index (χ0v) is 18.3. The molecule has 1 aliphatic heterocycles. The molecule has 0 bridgehead atoms. The lowest BCUT2D eigenvalue weighted by molar-refractivity contribution is -0.133. The molecule has 3 aromatic rings. The Morgan fingerprint density at radius 3 is 2.68 bits per heavy atom. The third kappa shape index (κ3) is 3.89. The van der Waals surface area contributed by atoms with Crippen molar-refractivity contribution in [2.45, 2.75) is 64.5 Å². The number of aromatic nitrogens is 3. The summed E-state index contributed by atoms with van der Waals surface area (Å²) in [7, 11) is 0. The smallest absolute Gasteiger partial charge is 0.291 e. The molecule has 0 unspecified atom stereocenters. The first kappa shape index (κ1) is 20.3. The molecule has 4 heterocycles. The summed E-state index contributed by atoms with van der Waals surface area (Å²) in [5.41, 5.74) is 1.95. The monoisotopic (exact) mass is 425 g/mol. The molecule has 2 aliphatic rings. The maximum atomic E-state index is 12.8. The van der Waals surface area contributed by atoms with E-state index in [2.05, 4.69) is 10.00 Å². The van der Waals surface area contributed by atoms with Crippen LogP contribution in [0.5, 0.6) is 0 Å². The highest BCUT2D eigenvalue weighted by Gasteiger charge is 2.26. The van der Waals surface area contributed by atoms with E-state index in [-0.39, 0.29) is 11.5 Å². The van der Waals surface area contributed by atoms with E-state index >= 15 is 0 Å². The average molecular weight is 426 g/mol. The summed E-state index contributed by atoms with van der Waals surface area (Å²) in [6.45, 7) is 5.94. The maximum absolute atomic E-state index is 12.8. The first-order valence-electron chi connectivity index (χ1n) is 11.6. The average Bonchev–Trinajstić information content (AvgIpc) is 3.39. The standard InChI is InChI=1S/C23H31N5O3/c1-17-24-27(23(30)20-16-21-19(28(17)20)9-15-31-21)10-5-8-22(29)26-13-11-25(12-14-26)18-6-3-2-4-7-18/h9,15-16,18H,2-8,10-14H2,1H3. The van der Waals surface area contributed by atoms with Crippen LogP contribution in [0.3, 0.4) is 0 Å². The number of rotatable bonds is 5. The number of aryl methyl sites for hydroxylation is 2. The number of piperazine rings is 1. The van der Waals surface area contributed by atoms with Gasteiger partial charge in [0.2, 0.25) is 5.91 Å². The van der Waals surface area contributed by atoms with Crippen molar-refractivity contribution >= 4 is 22.5 Å². The van der Waals surface area contributed by atoms with Gasteiger partial charge in [-0.1, -0.05) is 19.3 Å². The van der Waals surface area contributed by atoms with Gasteiger partial charge >= 0.3 is 0 Å². The van der Waals surface area contributed by atoms with E-state index < -0.39 is 0 Å². The maximum Gasteiger partial charge on any atom is 0.291 e. The highest BCUT2D eigenvalue weighted by molar-refractivity contribution is 5.82. The van der Waals surface area contributed by atoms with Crippen molar-refractivity contribution in [2.24, 2.45) is 0 Å². The highest BCUT2D eigenvalue weighted by Crippen LogP contribution is 2.24. The minimum absolute atomic E-state index is 0.148. The number of carbonyl (C=O) groups excluding carboxylic acids is 1. The van der Waals surface area contributed by atoms with Gasteiger partial charge in [0.1, 0.15) is 11.3 Å². The normalized spacial score (nSPS) is 18.9. The molecule has 0 N–H and O–H groups in total. The van der Waals surface area contributed by atoms with Crippen molar-refractivity contribution < 1.29 is 9.21 Å². The fourth-order valence-corrected chi connectivity index (χ4v) is 5.30. The Balaban J connectivity index is 1.17. The number of furan rings is 1. The quantitative estimate of drug-likeness (QED) is 0.628. The van der Waals surface area contributed by atoms with E-state index in [1.807, 2.05) is 22.3 Å². The summed E-state index contributed by atoms with van der Waals surface area (Å²) in [4.78, 5) is 30.1. The molecule has 0 aromatic carbocycles. The Kier molecular flexibility index (Phi) is 5.56. The van der Waals surface area contributed by atoms with Crippen molar-refractivity contribution in [3.05, 3.63) is 34.6 Å². The summed E-state index contributed by atoms with van der Waals surface area (Å²) >= 11 is 0. The molecule has 0 radical (unpaired) electrons. The molecule has 1 saturated carbocycles. The SMILES string of the molecule is Cc1nn(CCCC(=O)N2CCN(C3CCCCC3)CC2)c(=O)c2cc3occc3n12. The number of nitrogens with zero attached hydrogens (tertiary/aromatic N) is 5. The van der Waals surface area contributed by atoms with Crippen LogP contribution in [0.4, 0.5) is 0 Å². The van der Waals surface area contributed by atoms with Crippen molar-refractivity contribution in [3.8, 4) is 0 Å². The van der Waals surface area contributed by atoms with Gasteiger partial charge < -0.3 is 9.32 Å². The molecule has 2 fully saturated rings. The van der Waals surface area contributed by atoms with Crippen LogP contribution in [0.15, 0.2) is 27.6 Å². The Morgan fingerprint density at radius 2 is 1.90 bits per heavy atom. The van der Waals surface area contributed by atoms with Crippen LogP contribution in [0.1, 0.15) is 50.8 Å². The second-order valence-corrected chi connectivity index (χ2v) is 8.92. The number of amides is 1. The van der Waals surface area contributed by atoms with Gasteiger partial charge in [-0.25, -0.2) is 4.68 Å². The van der Waals surface area contributed by atoms with Gasteiger partial charge in [0.25, 0.3) is 5.56 Å². The second kappa shape index (κ2) is 8.49. The molecule has 1 aliphatic carbocycles. The fourth-order valence-electron chi connectivity index (χ4n) is 5.30. The summed E-state index contributed by atoms with van der Waals surface area (Å²) < 4.78 is 8.74. The van der Waals surface area contributed by atoms with E-state index in [1.165, 1.54) is 36.8 Å². The van der Waals surface area contributed by atoms with Crippen LogP contribution in [0, 0.1) is 6.92 Å². The minimum Gasteiger partial charge on any atom is -0.463 e. The largest absolute Gasteiger partial charge is 0.463 e. The fraction of sp³-hybridized carbons (Fsp3) is 0.609. The van der Waals surface area contributed by atoms with Gasteiger partial charge in [0, 0.05) is 57.3 Å². The van der Waals surface area contributed by atoms with E-state index in [4.69, 9.17) is 4.42 Å². The molecule has 5 rings (SSSR count). The molecule has 1 saturated heterocycles. The Morgan fingerprint density at radius 1 is 1.13 bits per heavy atom. The molecule has 0 atom stereocenters. The number of hydrogen-bond acceptors (Lipinski definition) is 5. The Hall–Kier alpha value is -2.61. The highest BCUT2D eigenvalue weighted by atomic mass is 16.3. The van der Waals surface area contributed by atoms with Crippen LogP contribution < -0.4 is 5.56 Å². The molecule has 31 heavy (non-hydrogen) atoms. The van der Waals surface area contributed by atoms with Crippen LogP contribution in [-0.2, 0) is 11.3 Å². The van der Waals surface area contributed by atoms with Gasteiger partial charge in [-0.15, -0.1) is 0 Å². The predicted molar refractivity (Wildman–Crippen MR) is 118 cm³/mol. The zero-order chi connectivity index (χ0) is 21.4. The first-order valence-corrected chi connectivity index (χ1v) is 11.6. The Labute approximate surface area is 181 Å². The topological polar surface area (TPSA) is 76.0 Å². The molecule has 1 amide bonds. The number of hydrogen-bond donors (Lipinski definition) is 0. The minimum atomic E-state index is -0.148. The van der Waals surface area contributed by atoms with Gasteiger partial charge in [-0.2, -0.15) is 5.10 Å². The summed E-state index contributed by atoms with van der Waals surface area (Å²) in [5, 5.41) is 4.47. The lowest BCUT2D eigenvalue weighted by atomic mass is 9.94. The van der Waals surface area contributed by atoms with Gasteiger partial charge in [-0.05, 0) is 26.2 Å². The van der Waals surface area contributed by atoms with Crippen LogP contribution in [0.2, 0.25) is 0 Å². The molecule has 3 aromatic heterocycles. The van der Waals surface area contributed by atoms with Crippen molar-refractivity contribution in [1.29, 1.82) is 0 Å². The first-order chi connectivity index (χ1) is 15.1. The molecular weight excluding hydrogens is 394 g/mol. The Bertz CT molecular complexity index is 1130. The summed E-state index contributed by atoms with van der Waals surface area (Å²) in [6.07, 6.45) is 9.36. The van der Waals surface area contributed by atoms with Gasteiger partial charge in [0.05, 0.1) is 11.8 Å². The van der Waals surface area contributed by atoms with E-state index in [1.54, 1.807) is 12.3 Å². The zero-order valence-electron chi connectivity index (χ0n) is 18.3. The van der Waals surface area contributed by atoms with Gasteiger partial charge in [0.15, 0.2) is 5.58 Å². The lowest BCUT2D eigenvalue weighted by Gasteiger charge is -2.40. The number of fused-ring (bicyclic) bond motifs is 3. The predicted octanol–water partition coefficient (Wildman–Crippen LogP) is 2.81. The molecule has 8 nitrogen and oxygen atoms in total. The molecule has 166 valence electrons. The van der Waals surface area contributed by atoms with Crippen LogP contribution in [-0.4, -0.2) is 62.1 Å². The molecule has 0 spiro atoms. The number of carbonyl (C=O) groups is 1. The third-order valence-electron chi connectivity index (χ3n) is 6.98. The van der Waals surface area contributed by atoms with Crippen molar-refractivity contribution in [1.82, 2.24) is 24.0 Å². The third-order valence-corrected chi connectivity index (χ3v) is 6.98. The van der Waals surface area contributed by atoms with Gasteiger partial charge in [-0.3, -0.25) is 18.9 Å². The van der Waals surface area contributed by atoms with E-state index in [0.29, 0.717) is 30.5 Å². The summed E-state index contributed by atoms with van der Waals surface area (Å²) in [6, 6.07) is 4.33. The molecule has 8 heteroatoms. The summed E-state index contributed by atoms with van der Waals surface area (Å²) in [5.74, 6) is 0.922. The van der Waals surface area contributed by atoms with E-state index in [0.717, 1.165) is 43.6 Å². The second-order valence-electron chi connectivity index (χ2n) is 8.92. The van der Waals surface area contributed by atoms with Crippen molar-refractivity contribution in [2.75, 3.05) is 26.2 Å².